The Labute approximate surface area is 109 Å². The average Bonchev–Trinajstić information content (AvgIpc) is 2.82. The first-order valence-electron chi connectivity index (χ1n) is 5.70. The molecule has 2 rings (SSSR count). The van der Waals surface area contributed by atoms with E-state index in [4.69, 9.17) is 9.94 Å². The second-order valence-corrected chi connectivity index (χ2v) is 4.10. The summed E-state index contributed by atoms with van der Waals surface area (Å²) in [5.74, 6) is 0.0329. The molecule has 6 heteroatoms. The van der Waals surface area contributed by atoms with E-state index in [0.29, 0.717) is 11.3 Å². The number of halogens is 1. The summed E-state index contributed by atoms with van der Waals surface area (Å²) in [6.45, 7) is 1.83. The van der Waals surface area contributed by atoms with E-state index in [0.717, 1.165) is 5.69 Å². The van der Waals surface area contributed by atoms with Gasteiger partial charge in [0.2, 0.25) is 0 Å². The van der Waals surface area contributed by atoms with Crippen LogP contribution in [0, 0.1) is 5.82 Å². The molecule has 5 nitrogen and oxygen atoms in total. The summed E-state index contributed by atoms with van der Waals surface area (Å²) in [6, 6.07) is 5.89. The van der Waals surface area contributed by atoms with E-state index in [-0.39, 0.29) is 12.3 Å². The number of oxime groups is 1. The van der Waals surface area contributed by atoms with Crippen LogP contribution in [0.4, 0.5) is 4.39 Å². The van der Waals surface area contributed by atoms with Crippen LogP contribution in [0.2, 0.25) is 0 Å². The molecule has 1 aromatic carbocycles. The van der Waals surface area contributed by atoms with Gasteiger partial charge in [0, 0.05) is 18.8 Å². The normalized spacial score (nSPS) is 11.6. The Balaban J connectivity index is 2.20. The Morgan fingerprint density at radius 1 is 1.47 bits per heavy atom. The topological polar surface area (TPSA) is 59.6 Å². The first-order chi connectivity index (χ1) is 9.10. The van der Waals surface area contributed by atoms with Crippen LogP contribution in [-0.4, -0.2) is 20.7 Å². The smallest absolute Gasteiger partial charge is 0.132 e. The molecule has 19 heavy (non-hydrogen) atoms. The van der Waals surface area contributed by atoms with E-state index in [1.54, 1.807) is 11.6 Å². The van der Waals surface area contributed by atoms with Gasteiger partial charge in [0.05, 0.1) is 11.4 Å². The molecule has 0 atom stereocenters. The molecule has 0 unspecified atom stereocenters. The molecular weight excluding hydrogens is 249 g/mol. The van der Waals surface area contributed by atoms with Crippen molar-refractivity contribution in [3.8, 4) is 5.75 Å². The number of benzene rings is 1. The molecule has 2 aromatic rings. The van der Waals surface area contributed by atoms with Gasteiger partial charge in [0.1, 0.15) is 18.2 Å². The van der Waals surface area contributed by atoms with E-state index >= 15 is 0 Å². The summed E-state index contributed by atoms with van der Waals surface area (Å²) in [7, 11) is 1.81. The summed E-state index contributed by atoms with van der Waals surface area (Å²) in [5, 5.41) is 16.0. The second-order valence-electron chi connectivity index (χ2n) is 4.10. The van der Waals surface area contributed by atoms with Gasteiger partial charge in [-0.1, -0.05) is 5.16 Å². The van der Waals surface area contributed by atoms with Crippen molar-refractivity contribution in [3.63, 3.8) is 0 Å². The molecule has 0 radical (unpaired) electrons. The number of rotatable bonds is 4. The van der Waals surface area contributed by atoms with Gasteiger partial charge in [0.15, 0.2) is 0 Å². The van der Waals surface area contributed by atoms with Crippen molar-refractivity contribution in [3.05, 3.63) is 47.5 Å². The number of nitrogens with zero attached hydrogens (tertiary/aromatic N) is 3. The van der Waals surface area contributed by atoms with Crippen molar-refractivity contribution in [1.82, 2.24) is 9.78 Å². The van der Waals surface area contributed by atoms with E-state index in [1.807, 2.05) is 19.3 Å². The van der Waals surface area contributed by atoms with Crippen LogP contribution in [-0.2, 0) is 13.7 Å². The SMILES string of the molecule is C/C(=N/O)c1cc(F)ccc1OCc1ccn(C)n1. The molecule has 1 aromatic heterocycles. The lowest BCUT2D eigenvalue weighted by atomic mass is 10.1. The van der Waals surface area contributed by atoms with E-state index in [2.05, 4.69) is 10.3 Å². The molecule has 0 amide bonds. The summed E-state index contributed by atoms with van der Waals surface area (Å²) >= 11 is 0. The highest BCUT2D eigenvalue weighted by atomic mass is 19.1. The highest BCUT2D eigenvalue weighted by Crippen LogP contribution is 2.21. The zero-order valence-electron chi connectivity index (χ0n) is 10.7. The van der Waals surface area contributed by atoms with Crippen molar-refractivity contribution < 1.29 is 14.3 Å². The highest BCUT2D eigenvalue weighted by Gasteiger charge is 2.10. The third kappa shape index (κ3) is 3.09. The predicted octanol–water partition coefficient (Wildman–Crippen LogP) is 2.34. The van der Waals surface area contributed by atoms with Gasteiger partial charge in [-0.15, -0.1) is 0 Å². The summed E-state index contributed by atoms with van der Waals surface area (Å²) in [4.78, 5) is 0. The van der Waals surface area contributed by atoms with Gasteiger partial charge >= 0.3 is 0 Å². The zero-order valence-corrected chi connectivity index (χ0v) is 10.7. The Hall–Kier alpha value is -2.37. The largest absolute Gasteiger partial charge is 0.487 e. The molecule has 0 saturated heterocycles. The first-order valence-corrected chi connectivity index (χ1v) is 5.70. The number of hydrogen-bond donors (Lipinski definition) is 1. The van der Waals surface area contributed by atoms with Gasteiger partial charge in [-0.3, -0.25) is 4.68 Å². The van der Waals surface area contributed by atoms with Crippen LogP contribution < -0.4 is 4.74 Å². The highest BCUT2D eigenvalue weighted by molar-refractivity contribution is 6.00. The molecule has 100 valence electrons. The predicted molar refractivity (Wildman–Crippen MR) is 67.9 cm³/mol. The summed E-state index contributed by atoms with van der Waals surface area (Å²) < 4.78 is 20.5. The van der Waals surface area contributed by atoms with E-state index in [1.165, 1.54) is 18.2 Å². The molecule has 0 aliphatic heterocycles. The van der Waals surface area contributed by atoms with E-state index in [9.17, 15) is 4.39 Å². The minimum Gasteiger partial charge on any atom is -0.487 e. The number of aryl methyl sites for hydroxylation is 1. The van der Waals surface area contributed by atoms with Crippen LogP contribution in [0.1, 0.15) is 18.2 Å². The van der Waals surface area contributed by atoms with Crippen LogP contribution >= 0.6 is 0 Å². The molecule has 0 aliphatic carbocycles. The molecule has 0 spiro atoms. The van der Waals surface area contributed by atoms with Crippen LogP contribution in [0.5, 0.6) is 5.75 Å². The molecular formula is C13H14FN3O2. The lowest BCUT2D eigenvalue weighted by molar-refractivity contribution is 0.297. The quantitative estimate of drug-likeness (QED) is 0.523. The molecule has 1 N–H and O–H groups in total. The number of aromatic nitrogens is 2. The maximum atomic E-state index is 13.2. The van der Waals surface area contributed by atoms with Gasteiger partial charge in [-0.2, -0.15) is 5.10 Å². The van der Waals surface area contributed by atoms with Gasteiger partial charge in [-0.25, -0.2) is 4.39 Å². The summed E-state index contributed by atoms with van der Waals surface area (Å²) in [6.07, 6.45) is 1.81. The molecule has 0 bridgehead atoms. The maximum absolute atomic E-state index is 13.2. The Bertz CT molecular complexity index is 608. The standard InChI is InChI=1S/C13H14FN3O2/c1-9(16-18)12-7-10(14)3-4-13(12)19-8-11-5-6-17(2)15-11/h3-7,18H,8H2,1-2H3/b16-9-. The lowest BCUT2D eigenvalue weighted by Gasteiger charge is -2.09. The number of hydrogen-bond acceptors (Lipinski definition) is 4. The molecule has 0 saturated carbocycles. The fourth-order valence-corrected chi connectivity index (χ4v) is 1.66. The van der Waals surface area contributed by atoms with Crippen molar-refractivity contribution in [2.45, 2.75) is 13.5 Å². The zero-order chi connectivity index (χ0) is 13.8. The third-order valence-electron chi connectivity index (χ3n) is 2.63. The number of ether oxygens (including phenoxy) is 1. The van der Waals surface area contributed by atoms with Gasteiger partial charge in [-0.05, 0) is 31.2 Å². The van der Waals surface area contributed by atoms with Crippen molar-refractivity contribution in [2.75, 3.05) is 0 Å². The third-order valence-corrected chi connectivity index (χ3v) is 2.63. The molecule has 0 aliphatic rings. The lowest BCUT2D eigenvalue weighted by Crippen LogP contribution is -2.04. The minimum absolute atomic E-state index is 0.262. The van der Waals surface area contributed by atoms with Crippen molar-refractivity contribution in [1.29, 1.82) is 0 Å². The van der Waals surface area contributed by atoms with Crippen LogP contribution in [0.15, 0.2) is 35.6 Å². The van der Waals surface area contributed by atoms with Gasteiger partial charge < -0.3 is 9.94 Å². The van der Waals surface area contributed by atoms with Crippen molar-refractivity contribution >= 4 is 5.71 Å². The molecule has 0 fully saturated rings. The van der Waals surface area contributed by atoms with E-state index < -0.39 is 5.82 Å². The maximum Gasteiger partial charge on any atom is 0.132 e. The fraction of sp³-hybridized carbons (Fsp3) is 0.231. The first kappa shape index (κ1) is 13.1. The van der Waals surface area contributed by atoms with Crippen LogP contribution in [0.3, 0.4) is 0 Å². The Kier molecular flexibility index (Phi) is 3.79. The Morgan fingerprint density at radius 2 is 2.26 bits per heavy atom. The minimum atomic E-state index is -0.414. The second kappa shape index (κ2) is 5.51. The fourth-order valence-electron chi connectivity index (χ4n) is 1.66. The van der Waals surface area contributed by atoms with Crippen LogP contribution in [0.25, 0.3) is 0 Å². The monoisotopic (exact) mass is 263 g/mol. The Morgan fingerprint density at radius 3 is 2.89 bits per heavy atom. The van der Waals surface area contributed by atoms with Gasteiger partial charge in [0.25, 0.3) is 0 Å². The molecule has 1 heterocycles. The van der Waals surface area contributed by atoms with Crippen molar-refractivity contribution in [2.24, 2.45) is 12.2 Å². The average molecular weight is 263 g/mol. The summed E-state index contributed by atoms with van der Waals surface area (Å²) in [5.41, 5.74) is 1.46.